The van der Waals surface area contributed by atoms with E-state index in [1.54, 1.807) is 16.8 Å². The van der Waals surface area contributed by atoms with Crippen LogP contribution in [0.3, 0.4) is 0 Å². The number of benzene rings is 2. The maximum Gasteiger partial charge on any atom is 0.340 e. The Bertz CT molecular complexity index is 1110. The van der Waals surface area contributed by atoms with Crippen LogP contribution >= 0.6 is 22.6 Å². The third-order valence-electron chi connectivity index (χ3n) is 4.92. The summed E-state index contributed by atoms with van der Waals surface area (Å²) in [7, 11) is 0. The molecule has 1 aromatic heterocycles. The van der Waals surface area contributed by atoms with E-state index in [0.29, 0.717) is 23.9 Å². The number of aromatic nitrogens is 2. The topological polar surface area (TPSA) is 99.3 Å². The molecule has 1 fully saturated rings. The van der Waals surface area contributed by atoms with Gasteiger partial charge in [-0.25, -0.2) is 9.78 Å². The molecule has 154 valence electrons. The fraction of sp³-hybridized carbons (Fsp3) is 0.238. The number of aryl methyl sites for hydroxylation is 1. The van der Waals surface area contributed by atoms with Crippen LogP contribution in [0.4, 0.5) is 17.1 Å². The van der Waals surface area contributed by atoms with E-state index in [1.807, 2.05) is 25.1 Å². The second-order valence-electron chi connectivity index (χ2n) is 7.24. The Hall–Kier alpha value is -2.95. The summed E-state index contributed by atoms with van der Waals surface area (Å²) >= 11 is 2.23. The van der Waals surface area contributed by atoms with Crippen molar-refractivity contribution in [1.82, 2.24) is 9.55 Å². The highest BCUT2D eigenvalue weighted by molar-refractivity contribution is 14.1. The molecule has 1 heterocycles. The monoisotopic (exact) mass is 518 g/mol. The Morgan fingerprint density at radius 3 is 2.77 bits per heavy atom. The lowest BCUT2D eigenvalue weighted by Crippen LogP contribution is -2.12. The van der Waals surface area contributed by atoms with Crippen LogP contribution in [-0.2, 0) is 4.74 Å². The van der Waals surface area contributed by atoms with Gasteiger partial charge in [-0.15, -0.1) is 0 Å². The van der Waals surface area contributed by atoms with Crippen LogP contribution in [-0.4, -0.2) is 27.1 Å². The number of halogens is 1. The second-order valence-corrected chi connectivity index (χ2v) is 8.49. The van der Waals surface area contributed by atoms with Gasteiger partial charge in [-0.3, -0.25) is 10.1 Å². The molecular formula is C21H19IN4O4. The number of ether oxygens (including phenoxy) is 1. The van der Waals surface area contributed by atoms with E-state index in [0.717, 1.165) is 27.7 Å². The quantitative estimate of drug-likeness (QED) is 0.205. The molecule has 1 aliphatic carbocycles. The van der Waals surface area contributed by atoms with Gasteiger partial charge in [0.25, 0.3) is 5.69 Å². The lowest BCUT2D eigenvalue weighted by molar-refractivity contribution is -0.384. The zero-order valence-corrected chi connectivity index (χ0v) is 18.3. The Balaban J connectivity index is 1.80. The van der Waals surface area contributed by atoms with Crippen LogP contribution in [0.1, 0.15) is 28.8 Å². The molecule has 0 bridgehead atoms. The summed E-state index contributed by atoms with van der Waals surface area (Å²) in [5, 5.41) is 15.0. The lowest BCUT2D eigenvalue weighted by Gasteiger charge is -2.16. The number of carbonyl (C=O) groups excluding carboxylic acids is 1. The summed E-state index contributed by atoms with van der Waals surface area (Å²) in [6, 6.07) is 8.73. The van der Waals surface area contributed by atoms with Gasteiger partial charge < -0.3 is 14.6 Å². The van der Waals surface area contributed by atoms with Gasteiger partial charge in [0.2, 0.25) is 0 Å². The molecule has 8 nitrogen and oxygen atoms in total. The molecule has 9 heteroatoms. The molecule has 0 radical (unpaired) electrons. The van der Waals surface area contributed by atoms with E-state index in [1.165, 1.54) is 18.6 Å². The van der Waals surface area contributed by atoms with Crippen molar-refractivity contribution in [1.29, 1.82) is 0 Å². The molecule has 0 saturated heterocycles. The molecule has 4 rings (SSSR count). The number of nitrogens with one attached hydrogen (secondary N) is 1. The molecule has 30 heavy (non-hydrogen) atoms. The molecule has 0 unspecified atom stereocenters. The normalized spacial score (nSPS) is 13.1. The van der Waals surface area contributed by atoms with E-state index in [-0.39, 0.29) is 11.3 Å². The molecule has 3 aromatic rings. The fourth-order valence-electron chi connectivity index (χ4n) is 3.07. The molecule has 0 spiro atoms. The van der Waals surface area contributed by atoms with Gasteiger partial charge in [0, 0.05) is 27.7 Å². The second kappa shape index (κ2) is 8.42. The first kappa shape index (κ1) is 20.3. The number of hydrogen-bond donors (Lipinski definition) is 1. The van der Waals surface area contributed by atoms with E-state index in [4.69, 9.17) is 4.74 Å². The average Bonchev–Trinajstić information content (AvgIpc) is 3.38. The molecule has 0 atom stereocenters. The highest BCUT2D eigenvalue weighted by atomic mass is 127. The first-order valence-electron chi connectivity index (χ1n) is 9.43. The van der Waals surface area contributed by atoms with Gasteiger partial charge in [-0.1, -0.05) is 0 Å². The van der Waals surface area contributed by atoms with Crippen molar-refractivity contribution < 1.29 is 14.5 Å². The lowest BCUT2D eigenvalue weighted by atomic mass is 10.1. The molecule has 1 N–H and O–H groups in total. The summed E-state index contributed by atoms with van der Waals surface area (Å²) in [5.74, 6) is -0.183. The molecule has 1 saturated carbocycles. The maximum atomic E-state index is 12.8. The molecule has 0 amide bonds. The van der Waals surface area contributed by atoms with Gasteiger partial charge in [-0.2, -0.15) is 0 Å². The summed E-state index contributed by atoms with van der Waals surface area (Å²) < 4.78 is 8.05. The van der Waals surface area contributed by atoms with Crippen molar-refractivity contribution in [2.75, 3.05) is 11.9 Å². The average molecular weight is 518 g/mol. The molecular weight excluding hydrogens is 499 g/mol. The summed E-state index contributed by atoms with van der Waals surface area (Å²) in [6.07, 6.45) is 6.72. The smallest absolute Gasteiger partial charge is 0.340 e. The van der Waals surface area contributed by atoms with Crippen molar-refractivity contribution in [2.24, 2.45) is 5.92 Å². The number of carbonyl (C=O) groups is 1. The third kappa shape index (κ3) is 4.45. The fourth-order valence-corrected chi connectivity index (χ4v) is 3.72. The zero-order chi connectivity index (χ0) is 21.3. The van der Waals surface area contributed by atoms with Gasteiger partial charge in [0.05, 0.1) is 29.1 Å². The number of nitro benzene ring substituents is 1. The third-order valence-corrected chi connectivity index (χ3v) is 5.59. The van der Waals surface area contributed by atoms with Gasteiger partial charge in [0.1, 0.15) is 5.69 Å². The summed E-state index contributed by atoms with van der Waals surface area (Å²) in [6.45, 7) is 2.29. The van der Waals surface area contributed by atoms with Crippen LogP contribution in [0.25, 0.3) is 5.69 Å². The SMILES string of the molecule is Cc1cc(I)ccc1Nc1cc(-n2ccnc2)c([N+](=O)[O-])cc1C(=O)OCC1CC1. The van der Waals surface area contributed by atoms with Gasteiger partial charge >= 0.3 is 5.97 Å². The Morgan fingerprint density at radius 2 is 2.13 bits per heavy atom. The first-order chi connectivity index (χ1) is 14.4. The minimum Gasteiger partial charge on any atom is -0.462 e. The van der Waals surface area contributed by atoms with Crippen molar-refractivity contribution >= 4 is 45.6 Å². The van der Waals surface area contributed by atoms with E-state index < -0.39 is 10.9 Å². The predicted molar refractivity (Wildman–Crippen MR) is 120 cm³/mol. The first-order valence-corrected chi connectivity index (χ1v) is 10.5. The van der Waals surface area contributed by atoms with Crippen LogP contribution in [0.5, 0.6) is 0 Å². The maximum absolute atomic E-state index is 12.8. The largest absolute Gasteiger partial charge is 0.462 e. The van der Waals surface area contributed by atoms with Crippen LogP contribution in [0.15, 0.2) is 49.1 Å². The van der Waals surface area contributed by atoms with Crippen molar-refractivity contribution in [3.8, 4) is 5.69 Å². The minimum absolute atomic E-state index is 0.129. The highest BCUT2D eigenvalue weighted by Crippen LogP contribution is 2.34. The number of imidazole rings is 1. The number of nitro groups is 1. The van der Waals surface area contributed by atoms with Crippen molar-refractivity contribution in [3.63, 3.8) is 0 Å². The number of rotatable bonds is 7. The summed E-state index contributed by atoms with van der Waals surface area (Å²) in [4.78, 5) is 28.0. The highest BCUT2D eigenvalue weighted by Gasteiger charge is 2.27. The number of anilines is 2. The Labute approximate surface area is 186 Å². The van der Waals surface area contributed by atoms with Crippen molar-refractivity contribution in [2.45, 2.75) is 19.8 Å². The number of nitrogens with zero attached hydrogens (tertiary/aromatic N) is 3. The van der Waals surface area contributed by atoms with Crippen LogP contribution in [0, 0.1) is 26.5 Å². The molecule has 1 aliphatic rings. The number of hydrogen-bond acceptors (Lipinski definition) is 6. The van der Waals surface area contributed by atoms with Gasteiger partial charge in [-0.05, 0) is 78.1 Å². The van der Waals surface area contributed by atoms with Crippen LogP contribution in [0.2, 0.25) is 0 Å². The predicted octanol–water partition coefficient (Wildman–Crippen LogP) is 5.00. The van der Waals surface area contributed by atoms with Crippen LogP contribution < -0.4 is 5.32 Å². The Morgan fingerprint density at radius 1 is 1.33 bits per heavy atom. The standard InChI is InChI=1S/C21H19IN4O4/c1-13-8-15(22)4-5-17(13)24-18-10-19(25-7-6-23-12-25)20(26(28)29)9-16(18)21(27)30-11-14-2-3-14/h4-10,12,14,24H,2-3,11H2,1H3. The molecule has 2 aromatic carbocycles. The van der Waals surface area contributed by atoms with E-state index in [9.17, 15) is 14.9 Å². The summed E-state index contributed by atoms with van der Waals surface area (Å²) in [5.41, 5.74) is 2.47. The minimum atomic E-state index is -0.576. The number of esters is 1. The molecule has 0 aliphatic heterocycles. The van der Waals surface area contributed by atoms with Gasteiger partial charge in [0.15, 0.2) is 0 Å². The van der Waals surface area contributed by atoms with E-state index >= 15 is 0 Å². The van der Waals surface area contributed by atoms with Crippen molar-refractivity contribution in [3.05, 3.63) is 73.9 Å². The van der Waals surface area contributed by atoms with E-state index in [2.05, 4.69) is 32.9 Å². The Kier molecular flexibility index (Phi) is 5.71. The zero-order valence-electron chi connectivity index (χ0n) is 16.2.